The second-order valence-corrected chi connectivity index (χ2v) is 3.56. The average molecular weight is 270 g/mol. The SMILES string of the molecule is Nc1ncc(Br)nc1OCc1ccco1. The zero-order valence-corrected chi connectivity index (χ0v) is 9.27. The molecule has 15 heavy (non-hydrogen) atoms. The first-order valence-corrected chi connectivity index (χ1v) is 4.98. The van der Waals surface area contributed by atoms with Gasteiger partial charge in [0.2, 0.25) is 0 Å². The molecule has 0 bridgehead atoms. The predicted octanol–water partition coefficient (Wildman–Crippen LogP) is 1.99. The van der Waals surface area contributed by atoms with Gasteiger partial charge in [0.1, 0.15) is 17.0 Å². The lowest BCUT2D eigenvalue weighted by atomic mass is 10.5. The van der Waals surface area contributed by atoms with Crippen LogP contribution in [-0.4, -0.2) is 9.97 Å². The maximum absolute atomic E-state index is 5.58. The summed E-state index contributed by atoms with van der Waals surface area (Å²) in [5.74, 6) is 1.25. The van der Waals surface area contributed by atoms with Crippen LogP contribution in [0.25, 0.3) is 0 Å². The molecule has 0 saturated carbocycles. The van der Waals surface area contributed by atoms with Gasteiger partial charge in [0.05, 0.1) is 12.5 Å². The summed E-state index contributed by atoms with van der Waals surface area (Å²) in [6, 6.07) is 3.59. The molecule has 2 rings (SSSR count). The van der Waals surface area contributed by atoms with Crippen molar-refractivity contribution in [3.8, 4) is 5.88 Å². The van der Waals surface area contributed by atoms with E-state index in [-0.39, 0.29) is 12.4 Å². The van der Waals surface area contributed by atoms with Gasteiger partial charge in [-0.05, 0) is 28.1 Å². The van der Waals surface area contributed by atoms with E-state index >= 15 is 0 Å². The number of anilines is 1. The van der Waals surface area contributed by atoms with Crippen LogP contribution in [0.3, 0.4) is 0 Å². The molecule has 2 aromatic heterocycles. The van der Waals surface area contributed by atoms with Crippen LogP contribution in [0, 0.1) is 0 Å². The Morgan fingerprint density at radius 3 is 3.13 bits per heavy atom. The fraction of sp³-hybridized carbons (Fsp3) is 0.111. The minimum Gasteiger partial charge on any atom is -0.467 e. The smallest absolute Gasteiger partial charge is 0.258 e. The van der Waals surface area contributed by atoms with E-state index in [0.29, 0.717) is 16.2 Å². The molecule has 6 heteroatoms. The Morgan fingerprint density at radius 2 is 2.40 bits per heavy atom. The van der Waals surface area contributed by atoms with Crippen LogP contribution in [0.5, 0.6) is 5.88 Å². The Labute approximate surface area is 94.4 Å². The summed E-state index contributed by atoms with van der Waals surface area (Å²) in [5.41, 5.74) is 5.58. The Hall–Kier alpha value is -1.56. The van der Waals surface area contributed by atoms with E-state index in [0.717, 1.165) is 0 Å². The molecule has 78 valence electrons. The second-order valence-electron chi connectivity index (χ2n) is 2.75. The molecule has 2 N–H and O–H groups in total. The van der Waals surface area contributed by atoms with E-state index in [9.17, 15) is 0 Å². The highest BCUT2D eigenvalue weighted by molar-refractivity contribution is 9.10. The third-order valence-electron chi connectivity index (χ3n) is 1.67. The average Bonchev–Trinajstić information content (AvgIpc) is 2.72. The number of nitrogens with zero attached hydrogens (tertiary/aromatic N) is 2. The van der Waals surface area contributed by atoms with E-state index in [4.69, 9.17) is 14.9 Å². The predicted molar refractivity (Wildman–Crippen MR) is 57.2 cm³/mol. The Morgan fingerprint density at radius 1 is 1.53 bits per heavy atom. The molecular weight excluding hydrogens is 262 g/mol. The van der Waals surface area contributed by atoms with Gasteiger partial charge in [0.15, 0.2) is 5.82 Å². The second kappa shape index (κ2) is 4.31. The van der Waals surface area contributed by atoms with E-state index in [1.807, 2.05) is 6.07 Å². The summed E-state index contributed by atoms with van der Waals surface area (Å²) in [6.45, 7) is 0.280. The molecule has 0 aliphatic heterocycles. The quantitative estimate of drug-likeness (QED) is 0.923. The molecule has 0 aromatic carbocycles. The highest BCUT2D eigenvalue weighted by atomic mass is 79.9. The fourth-order valence-electron chi connectivity index (χ4n) is 1.00. The monoisotopic (exact) mass is 269 g/mol. The Balaban J connectivity index is 2.07. The van der Waals surface area contributed by atoms with Gasteiger partial charge in [-0.1, -0.05) is 0 Å². The molecule has 0 amide bonds. The highest BCUT2D eigenvalue weighted by Gasteiger charge is 2.05. The number of nitrogens with two attached hydrogens (primary N) is 1. The largest absolute Gasteiger partial charge is 0.467 e. The minimum absolute atomic E-state index is 0.254. The van der Waals surface area contributed by atoms with E-state index < -0.39 is 0 Å². The van der Waals surface area contributed by atoms with Gasteiger partial charge in [-0.25, -0.2) is 9.97 Å². The van der Waals surface area contributed by atoms with Crippen LogP contribution in [0.15, 0.2) is 33.6 Å². The van der Waals surface area contributed by atoms with Gasteiger partial charge in [-0.2, -0.15) is 0 Å². The molecular formula is C9H8BrN3O2. The molecule has 5 nitrogen and oxygen atoms in total. The number of nitrogen functional groups attached to an aromatic ring is 1. The summed E-state index contributed by atoms with van der Waals surface area (Å²) >= 11 is 3.18. The Bertz CT molecular complexity index is 445. The molecule has 0 unspecified atom stereocenters. The van der Waals surface area contributed by atoms with Crippen molar-refractivity contribution in [3.05, 3.63) is 35.0 Å². The summed E-state index contributed by atoms with van der Waals surface area (Å²) in [5, 5.41) is 0. The van der Waals surface area contributed by atoms with Gasteiger partial charge >= 0.3 is 0 Å². The molecule has 2 aromatic rings. The molecule has 0 saturated heterocycles. The van der Waals surface area contributed by atoms with Crippen molar-refractivity contribution in [2.24, 2.45) is 0 Å². The Kier molecular flexibility index (Phi) is 2.86. The van der Waals surface area contributed by atoms with Crippen LogP contribution in [-0.2, 0) is 6.61 Å². The van der Waals surface area contributed by atoms with Crippen LogP contribution in [0.2, 0.25) is 0 Å². The molecule has 0 radical (unpaired) electrons. The molecule has 0 fully saturated rings. The van der Waals surface area contributed by atoms with Crippen molar-refractivity contribution < 1.29 is 9.15 Å². The van der Waals surface area contributed by atoms with E-state index in [2.05, 4.69) is 25.9 Å². The third kappa shape index (κ3) is 2.47. The zero-order chi connectivity index (χ0) is 10.7. The maximum Gasteiger partial charge on any atom is 0.258 e. The zero-order valence-electron chi connectivity index (χ0n) is 7.68. The lowest BCUT2D eigenvalue weighted by Crippen LogP contribution is -2.02. The third-order valence-corrected chi connectivity index (χ3v) is 2.05. The standard InChI is InChI=1S/C9H8BrN3O2/c10-7-4-12-8(11)9(13-7)15-5-6-2-1-3-14-6/h1-4H,5H2,(H2,11,12). The topological polar surface area (TPSA) is 74.2 Å². The summed E-state index contributed by atoms with van der Waals surface area (Å²) in [4.78, 5) is 7.93. The van der Waals surface area contributed by atoms with Gasteiger partial charge in [-0.15, -0.1) is 0 Å². The van der Waals surface area contributed by atoms with Crippen molar-refractivity contribution >= 4 is 21.7 Å². The van der Waals surface area contributed by atoms with E-state index in [1.54, 1.807) is 12.3 Å². The minimum atomic E-state index is 0.254. The summed E-state index contributed by atoms with van der Waals surface area (Å²) < 4.78 is 11.0. The fourth-order valence-corrected chi connectivity index (χ4v) is 1.27. The number of halogens is 1. The van der Waals surface area contributed by atoms with Crippen molar-refractivity contribution in [2.75, 3.05) is 5.73 Å². The number of furan rings is 1. The van der Waals surface area contributed by atoms with Gasteiger partial charge in [-0.3, -0.25) is 0 Å². The first-order valence-electron chi connectivity index (χ1n) is 4.19. The molecule has 0 spiro atoms. The van der Waals surface area contributed by atoms with Crippen LogP contribution >= 0.6 is 15.9 Å². The van der Waals surface area contributed by atoms with Gasteiger partial charge in [0.25, 0.3) is 5.88 Å². The lowest BCUT2D eigenvalue weighted by Gasteiger charge is -2.05. The van der Waals surface area contributed by atoms with Crippen LogP contribution < -0.4 is 10.5 Å². The number of rotatable bonds is 3. The molecule has 0 aliphatic carbocycles. The maximum atomic E-state index is 5.58. The van der Waals surface area contributed by atoms with Crippen LogP contribution in [0.1, 0.15) is 5.76 Å². The summed E-state index contributed by atoms with van der Waals surface area (Å²) in [6.07, 6.45) is 3.09. The van der Waals surface area contributed by atoms with Crippen molar-refractivity contribution in [3.63, 3.8) is 0 Å². The van der Waals surface area contributed by atoms with Gasteiger partial charge < -0.3 is 14.9 Å². The van der Waals surface area contributed by atoms with Crippen molar-refractivity contribution in [1.82, 2.24) is 9.97 Å². The molecule has 0 atom stereocenters. The van der Waals surface area contributed by atoms with E-state index in [1.165, 1.54) is 6.20 Å². The van der Waals surface area contributed by atoms with Crippen LogP contribution in [0.4, 0.5) is 5.82 Å². The number of aromatic nitrogens is 2. The highest BCUT2D eigenvalue weighted by Crippen LogP contribution is 2.19. The number of hydrogen-bond acceptors (Lipinski definition) is 5. The van der Waals surface area contributed by atoms with Gasteiger partial charge in [0, 0.05) is 0 Å². The van der Waals surface area contributed by atoms with Crippen molar-refractivity contribution in [2.45, 2.75) is 6.61 Å². The number of hydrogen-bond donors (Lipinski definition) is 1. The van der Waals surface area contributed by atoms with Crippen molar-refractivity contribution in [1.29, 1.82) is 0 Å². The first-order chi connectivity index (χ1) is 7.25. The molecule has 0 aliphatic rings. The first kappa shape index (κ1) is 9.97. The lowest BCUT2D eigenvalue weighted by molar-refractivity contribution is 0.261. The number of ether oxygens (including phenoxy) is 1. The summed E-state index contributed by atoms with van der Waals surface area (Å²) in [7, 11) is 0. The molecule has 2 heterocycles. The normalized spacial score (nSPS) is 10.2.